The van der Waals surface area contributed by atoms with Crippen molar-refractivity contribution < 1.29 is 26.3 Å². The van der Waals surface area contributed by atoms with E-state index >= 15 is 0 Å². The lowest BCUT2D eigenvalue weighted by Gasteiger charge is -2.15. The predicted octanol–water partition coefficient (Wildman–Crippen LogP) is 7.56. The zero-order valence-electron chi connectivity index (χ0n) is 12.3. The fourth-order valence-corrected chi connectivity index (χ4v) is 2.58. The molecule has 0 heterocycles. The third-order valence-corrected chi connectivity index (χ3v) is 4.06. The SMILES string of the molecule is FC(F)(F)c1cccc(-c2ccc(CC=C(Br)Br)c(C(F)(F)F)c2)c1. The second kappa shape index (κ2) is 7.53. The minimum absolute atomic E-state index is 0.0174. The first-order valence-corrected chi connectivity index (χ1v) is 8.46. The molecule has 0 aliphatic heterocycles. The quantitative estimate of drug-likeness (QED) is 0.392. The Labute approximate surface area is 156 Å². The van der Waals surface area contributed by atoms with E-state index in [1.807, 2.05) is 0 Å². The largest absolute Gasteiger partial charge is 0.416 e. The molecule has 0 nitrogen and oxygen atoms in total. The second-order valence-electron chi connectivity index (χ2n) is 5.15. The monoisotopic (exact) mass is 486 g/mol. The molecule has 0 saturated carbocycles. The third-order valence-electron chi connectivity index (χ3n) is 3.41. The highest BCUT2D eigenvalue weighted by Gasteiger charge is 2.34. The minimum atomic E-state index is -4.61. The van der Waals surface area contributed by atoms with Crippen LogP contribution in [0.4, 0.5) is 26.3 Å². The van der Waals surface area contributed by atoms with Crippen molar-refractivity contribution in [3.63, 3.8) is 0 Å². The van der Waals surface area contributed by atoms with Gasteiger partial charge in [-0.3, -0.25) is 0 Å². The lowest BCUT2D eigenvalue weighted by Crippen LogP contribution is -2.09. The maximum atomic E-state index is 13.3. The molecular weight excluding hydrogens is 478 g/mol. The van der Waals surface area contributed by atoms with E-state index in [0.29, 0.717) is 3.39 Å². The summed E-state index contributed by atoms with van der Waals surface area (Å²) in [6.45, 7) is 0. The molecule has 0 aromatic heterocycles. The van der Waals surface area contributed by atoms with Crippen LogP contribution in [-0.2, 0) is 18.8 Å². The molecule has 0 N–H and O–H groups in total. The number of hydrogen-bond donors (Lipinski definition) is 0. The molecule has 0 saturated heterocycles. The van der Waals surface area contributed by atoms with Crippen molar-refractivity contribution in [2.24, 2.45) is 0 Å². The maximum Gasteiger partial charge on any atom is 0.416 e. The van der Waals surface area contributed by atoms with Gasteiger partial charge in [0.25, 0.3) is 0 Å². The summed E-state index contributed by atoms with van der Waals surface area (Å²) in [5.74, 6) is 0. The smallest absolute Gasteiger partial charge is 0.166 e. The minimum Gasteiger partial charge on any atom is -0.166 e. The predicted molar refractivity (Wildman–Crippen MR) is 91.5 cm³/mol. The molecule has 0 aliphatic rings. The van der Waals surface area contributed by atoms with E-state index < -0.39 is 23.5 Å². The number of alkyl halides is 6. The summed E-state index contributed by atoms with van der Waals surface area (Å²) in [5, 5.41) is 0. The van der Waals surface area contributed by atoms with Gasteiger partial charge in [-0.15, -0.1) is 0 Å². The lowest BCUT2D eigenvalue weighted by molar-refractivity contribution is -0.138. The number of rotatable bonds is 3. The topological polar surface area (TPSA) is 0 Å². The van der Waals surface area contributed by atoms with E-state index in [1.54, 1.807) is 0 Å². The van der Waals surface area contributed by atoms with Crippen LogP contribution in [0, 0.1) is 0 Å². The molecule has 0 spiro atoms. The van der Waals surface area contributed by atoms with Gasteiger partial charge in [-0.05, 0) is 73.2 Å². The number of halogens is 8. The molecule has 2 rings (SSSR count). The Hall–Kier alpha value is -1.28. The van der Waals surface area contributed by atoms with Gasteiger partial charge in [0.1, 0.15) is 0 Å². The summed E-state index contributed by atoms with van der Waals surface area (Å²) in [6, 6.07) is 7.77. The summed E-state index contributed by atoms with van der Waals surface area (Å²) in [5.41, 5.74) is -1.61. The van der Waals surface area contributed by atoms with Gasteiger partial charge in [0.05, 0.1) is 14.5 Å². The first-order valence-electron chi connectivity index (χ1n) is 6.87. The molecule has 0 fully saturated rings. The van der Waals surface area contributed by atoms with Crippen LogP contribution >= 0.6 is 31.9 Å². The molecular formula is C17H10Br2F6. The second-order valence-corrected chi connectivity index (χ2v) is 7.92. The average Bonchev–Trinajstić information content (AvgIpc) is 2.51. The molecule has 134 valence electrons. The van der Waals surface area contributed by atoms with Gasteiger partial charge in [0.2, 0.25) is 0 Å². The molecule has 8 heteroatoms. The van der Waals surface area contributed by atoms with Crippen molar-refractivity contribution in [1.82, 2.24) is 0 Å². The highest BCUT2D eigenvalue weighted by Crippen LogP contribution is 2.37. The van der Waals surface area contributed by atoms with Crippen molar-refractivity contribution in [2.45, 2.75) is 18.8 Å². The van der Waals surface area contributed by atoms with Crippen LogP contribution in [0.1, 0.15) is 16.7 Å². The fourth-order valence-electron chi connectivity index (χ4n) is 2.26. The van der Waals surface area contributed by atoms with Gasteiger partial charge >= 0.3 is 12.4 Å². The summed E-state index contributed by atoms with van der Waals surface area (Å²) in [6.07, 6.45) is -7.65. The Morgan fingerprint density at radius 3 is 2.04 bits per heavy atom. The standard InChI is InChI=1S/C17H10Br2F6/c18-15(19)7-6-10-4-5-12(9-14(10)17(23,24)25)11-2-1-3-13(8-11)16(20,21)22/h1-5,7-9H,6H2. The van der Waals surface area contributed by atoms with Crippen molar-refractivity contribution in [1.29, 1.82) is 0 Å². The Bertz CT molecular complexity index is 786. The van der Waals surface area contributed by atoms with Crippen LogP contribution in [0.3, 0.4) is 0 Å². The first-order chi connectivity index (χ1) is 11.5. The fraction of sp³-hybridized carbons (Fsp3) is 0.176. The van der Waals surface area contributed by atoms with Gasteiger partial charge in [0.15, 0.2) is 0 Å². The number of benzene rings is 2. The Kier molecular flexibility index (Phi) is 6.04. The van der Waals surface area contributed by atoms with E-state index in [-0.39, 0.29) is 23.1 Å². The van der Waals surface area contributed by atoms with Gasteiger partial charge in [-0.2, -0.15) is 26.3 Å². The Balaban J connectivity index is 2.52. The molecule has 0 unspecified atom stereocenters. The summed E-state index contributed by atoms with van der Waals surface area (Å²) < 4.78 is 78.8. The molecule has 0 radical (unpaired) electrons. The van der Waals surface area contributed by atoms with Gasteiger partial charge in [0, 0.05) is 0 Å². The van der Waals surface area contributed by atoms with Crippen molar-refractivity contribution in [3.05, 3.63) is 68.6 Å². The zero-order chi connectivity index (χ0) is 18.8. The summed E-state index contributed by atoms with van der Waals surface area (Å²) in [7, 11) is 0. The zero-order valence-corrected chi connectivity index (χ0v) is 15.5. The van der Waals surface area contributed by atoms with Crippen molar-refractivity contribution >= 4 is 31.9 Å². The van der Waals surface area contributed by atoms with Crippen molar-refractivity contribution in [2.75, 3.05) is 0 Å². The van der Waals surface area contributed by atoms with Crippen LogP contribution in [0.25, 0.3) is 11.1 Å². The number of hydrogen-bond acceptors (Lipinski definition) is 0. The van der Waals surface area contributed by atoms with Crippen molar-refractivity contribution in [3.8, 4) is 11.1 Å². The summed E-state index contributed by atoms with van der Waals surface area (Å²) in [4.78, 5) is 0. The highest BCUT2D eigenvalue weighted by atomic mass is 79.9. The maximum absolute atomic E-state index is 13.3. The normalized spacial score (nSPS) is 12.2. The molecule has 0 aliphatic carbocycles. The molecule has 0 bridgehead atoms. The lowest BCUT2D eigenvalue weighted by atomic mass is 9.96. The molecule has 0 atom stereocenters. The molecule has 25 heavy (non-hydrogen) atoms. The third kappa shape index (κ3) is 5.34. The van der Waals surface area contributed by atoms with Crippen LogP contribution in [-0.4, -0.2) is 0 Å². The van der Waals surface area contributed by atoms with Gasteiger partial charge < -0.3 is 0 Å². The highest BCUT2D eigenvalue weighted by molar-refractivity contribution is 9.28. The van der Waals surface area contributed by atoms with E-state index in [4.69, 9.17) is 0 Å². The first kappa shape index (κ1) is 20.0. The van der Waals surface area contributed by atoms with Gasteiger partial charge in [-0.1, -0.05) is 30.3 Å². The van der Waals surface area contributed by atoms with Crippen LogP contribution in [0.5, 0.6) is 0 Å². The molecule has 0 amide bonds. The average molecular weight is 488 g/mol. The van der Waals surface area contributed by atoms with E-state index in [2.05, 4.69) is 31.9 Å². The molecule has 2 aromatic rings. The van der Waals surface area contributed by atoms with E-state index in [9.17, 15) is 26.3 Å². The van der Waals surface area contributed by atoms with E-state index in [1.165, 1.54) is 30.3 Å². The molecule has 2 aromatic carbocycles. The number of allylic oxidation sites excluding steroid dienone is 1. The van der Waals surface area contributed by atoms with E-state index in [0.717, 1.165) is 18.2 Å². The summed E-state index contributed by atoms with van der Waals surface area (Å²) >= 11 is 6.15. The van der Waals surface area contributed by atoms with Crippen LogP contribution in [0.2, 0.25) is 0 Å². The van der Waals surface area contributed by atoms with Crippen LogP contribution in [0.15, 0.2) is 51.9 Å². The van der Waals surface area contributed by atoms with Gasteiger partial charge in [-0.25, -0.2) is 0 Å². The Morgan fingerprint density at radius 2 is 1.48 bits per heavy atom. The Morgan fingerprint density at radius 1 is 0.840 bits per heavy atom. The van der Waals surface area contributed by atoms with Crippen LogP contribution < -0.4 is 0 Å².